The molecule has 1 aliphatic rings. The number of hydrogen-bond donors (Lipinski definition) is 1. The molecule has 4 rings (SSSR count). The molecule has 3 aromatic rings. The van der Waals surface area contributed by atoms with E-state index in [1.807, 2.05) is 70.9 Å². The molecule has 0 aliphatic carbocycles. The summed E-state index contributed by atoms with van der Waals surface area (Å²) >= 11 is 1.36. The average molecular weight is 462 g/mol. The lowest BCUT2D eigenvalue weighted by Gasteiger charge is -2.37. The molecule has 7 heteroatoms. The van der Waals surface area contributed by atoms with E-state index in [1.54, 1.807) is 13.0 Å². The highest BCUT2D eigenvalue weighted by Gasteiger charge is 2.29. The molecule has 1 fully saturated rings. The quantitative estimate of drug-likeness (QED) is 0.546. The van der Waals surface area contributed by atoms with Crippen molar-refractivity contribution < 1.29 is 14.4 Å². The molecule has 170 valence electrons. The predicted molar refractivity (Wildman–Crippen MR) is 131 cm³/mol. The highest BCUT2D eigenvalue weighted by atomic mass is 32.1. The largest absolute Gasteiger partial charge is 0.368 e. The third kappa shape index (κ3) is 5.68. The van der Waals surface area contributed by atoms with E-state index in [2.05, 4.69) is 10.2 Å². The van der Waals surface area contributed by atoms with Crippen molar-refractivity contribution in [2.24, 2.45) is 0 Å². The van der Waals surface area contributed by atoms with Crippen molar-refractivity contribution in [3.63, 3.8) is 0 Å². The predicted octanol–water partition coefficient (Wildman–Crippen LogP) is 3.64. The highest BCUT2D eigenvalue weighted by Crippen LogP contribution is 2.19. The molecular formula is C26H27N3O3S. The Morgan fingerprint density at radius 2 is 1.61 bits per heavy atom. The lowest BCUT2D eigenvalue weighted by atomic mass is 10.0. The summed E-state index contributed by atoms with van der Waals surface area (Å²) < 4.78 is 0. The van der Waals surface area contributed by atoms with Crippen LogP contribution >= 0.6 is 11.3 Å². The Hall–Kier alpha value is -3.45. The zero-order valence-electron chi connectivity index (χ0n) is 18.6. The number of Topliss-reactive ketones (excluding diaryl/α,β-unsaturated/α-hetero) is 1. The molecule has 2 aromatic carbocycles. The number of thiophene rings is 1. The standard InChI is InChI=1S/C26H27N3O3S/c1-19(30)21-9-11-22(12-10-21)28-13-15-29(16-14-28)26(32)23(18-20-6-3-2-4-7-20)27-25(31)24-8-5-17-33-24/h2-12,17,23H,13-16,18H2,1H3,(H,27,31)/t23-/m0/s1. The smallest absolute Gasteiger partial charge is 0.262 e. The SMILES string of the molecule is CC(=O)c1ccc(N2CCN(C(=O)[C@H](Cc3ccccc3)NC(=O)c3cccs3)CC2)cc1. The molecule has 2 heterocycles. The van der Waals surface area contributed by atoms with Crippen LogP contribution in [0.5, 0.6) is 0 Å². The van der Waals surface area contributed by atoms with Gasteiger partial charge in [0.15, 0.2) is 5.78 Å². The number of benzene rings is 2. The van der Waals surface area contributed by atoms with Gasteiger partial charge in [0.1, 0.15) is 6.04 Å². The van der Waals surface area contributed by atoms with E-state index in [-0.39, 0.29) is 17.6 Å². The first-order chi connectivity index (χ1) is 16.0. The molecular weight excluding hydrogens is 434 g/mol. The van der Waals surface area contributed by atoms with Crippen molar-refractivity contribution in [2.45, 2.75) is 19.4 Å². The zero-order valence-corrected chi connectivity index (χ0v) is 19.4. The van der Waals surface area contributed by atoms with Crippen LogP contribution in [0.2, 0.25) is 0 Å². The maximum absolute atomic E-state index is 13.4. The molecule has 1 aromatic heterocycles. The summed E-state index contributed by atoms with van der Waals surface area (Å²) in [5.74, 6) is -0.232. The molecule has 0 saturated carbocycles. The number of ketones is 1. The molecule has 0 spiro atoms. The number of nitrogens with one attached hydrogen (secondary N) is 1. The van der Waals surface area contributed by atoms with E-state index in [4.69, 9.17) is 0 Å². The molecule has 1 saturated heterocycles. The van der Waals surface area contributed by atoms with Crippen LogP contribution in [0.25, 0.3) is 0 Å². The zero-order chi connectivity index (χ0) is 23.2. The monoisotopic (exact) mass is 461 g/mol. The minimum atomic E-state index is -0.622. The van der Waals surface area contributed by atoms with Crippen LogP contribution in [0, 0.1) is 0 Å². The Morgan fingerprint density at radius 1 is 0.909 bits per heavy atom. The molecule has 6 nitrogen and oxygen atoms in total. The fourth-order valence-electron chi connectivity index (χ4n) is 4.00. The minimum absolute atomic E-state index is 0.0472. The van der Waals surface area contributed by atoms with E-state index < -0.39 is 6.04 Å². The van der Waals surface area contributed by atoms with Crippen molar-refractivity contribution in [1.29, 1.82) is 0 Å². The first-order valence-electron chi connectivity index (χ1n) is 11.0. The van der Waals surface area contributed by atoms with Crippen LogP contribution in [0.15, 0.2) is 72.1 Å². The molecule has 1 aliphatic heterocycles. The fourth-order valence-corrected chi connectivity index (χ4v) is 4.63. The summed E-state index contributed by atoms with van der Waals surface area (Å²) in [6.45, 7) is 4.10. The maximum Gasteiger partial charge on any atom is 0.262 e. The number of piperazine rings is 1. The van der Waals surface area contributed by atoms with Crippen molar-refractivity contribution in [2.75, 3.05) is 31.1 Å². The Kier molecular flexibility index (Phi) is 7.19. The summed E-state index contributed by atoms with van der Waals surface area (Å²) in [7, 11) is 0. The van der Waals surface area contributed by atoms with E-state index in [1.165, 1.54) is 11.3 Å². The van der Waals surface area contributed by atoms with Gasteiger partial charge in [-0.15, -0.1) is 11.3 Å². The highest BCUT2D eigenvalue weighted by molar-refractivity contribution is 7.12. The van der Waals surface area contributed by atoms with Gasteiger partial charge in [0, 0.05) is 43.9 Å². The van der Waals surface area contributed by atoms with Crippen molar-refractivity contribution in [1.82, 2.24) is 10.2 Å². The number of hydrogen-bond acceptors (Lipinski definition) is 5. The van der Waals surface area contributed by atoms with Crippen molar-refractivity contribution in [3.05, 3.63) is 88.1 Å². The number of rotatable bonds is 7. The van der Waals surface area contributed by atoms with Gasteiger partial charge in [-0.25, -0.2) is 0 Å². The summed E-state index contributed by atoms with van der Waals surface area (Å²) in [6.07, 6.45) is 0.448. The molecule has 0 unspecified atom stereocenters. The fraction of sp³-hybridized carbons (Fsp3) is 0.269. The minimum Gasteiger partial charge on any atom is -0.368 e. The average Bonchev–Trinajstić information content (AvgIpc) is 3.39. The second-order valence-corrected chi connectivity index (χ2v) is 9.06. The molecule has 33 heavy (non-hydrogen) atoms. The lowest BCUT2D eigenvalue weighted by molar-refractivity contribution is -0.133. The summed E-state index contributed by atoms with van der Waals surface area (Å²) in [5.41, 5.74) is 2.74. The van der Waals surface area contributed by atoms with Crippen LogP contribution in [0.4, 0.5) is 5.69 Å². The lowest BCUT2D eigenvalue weighted by Crippen LogP contribution is -2.55. The first-order valence-corrected chi connectivity index (χ1v) is 11.9. The Balaban J connectivity index is 1.42. The maximum atomic E-state index is 13.4. The Bertz CT molecular complexity index is 1090. The second-order valence-electron chi connectivity index (χ2n) is 8.11. The van der Waals surface area contributed by atoms with Gasteiger partial charge in [-0.2, -0.15) is 0 Å². The number of carbonyl (C=O) groups is 3. The summed E-state index contributed by atoms with van der Waals surface area (Å²) in [5, 5.41) is 4.81. The van der Waals surface area contributed by atoms with Crippen LogP contribution in [0.3, 0.4) is 0 Å². The van der Waals surface area contributed by atoms with Gasteiger partial charge in [0.25, 0.3) is 5.91 Å². The normalized spacial score (nSPS) is 14.6. The van der Waals surface area contributed by atoms with E-state index >= 15 is 0 Å². The van der Waals surface area contributed by atoms with Crippen LogP contribution < -0.4 is 10.2 Å². The van der Waals surface area contributed by atoms with Gasteiger partial charge in [0.2, 0.25) is 5.91 Å². The Morgan fingerprint density at radius 3 is 2.21 bits per heavy atom. The van der Waals surface area contributed by atoms with Crippen molar-refractivity contribution in [3.8, 4) is 0 Å². The topological polar surface area (TPSA) is 69.7 Å². The number of amides is 2. The first kappa shape index (κ1) is 22.7. The second kappa shape index (κ2) is 10.4. The number of carbonyl (C=O) groups excluding carboxylic acids is 3. The third-order valence-electron chi connectivity index (χ3n) is 5.86. The molecule has 1 N–H and O–H groups in total. The van der Waals surface area contributed by atoms with Crippen LogP contribution in [-0.2, 0) is 11.2 Å². The van der Waals surface area contributed by atoms with Gasteiger partial charge in [-0.05, 0) is 48.2 Å². The molecule has 0 radical (unpaired) electrons. The van der Waals surface area contributed by atoms with Gasteiger partial charge in [-0.3, -0.25) is 14.4 Å². The van der Waals surface area contributed by atoms with Crippen LogP contribution in [0.1, 0.15) is 32.5 Å². The third-order valence-corrected chi connectivity index (χ3v) is 6.73. The van der Waals surface area contributed by atoms with Gasteiger partial charge >= 0.3 is 0 Å². The van der Waals surface area contributed by atoms with E-state index in [0.717, 1.165) is 11.3 Å². The van der Waals surface area contributed by atoms with Crippen molar-refractivity contribution >= 4 is 34.6 Å². The van der Waals surface area contributed by atoms with E-state index in [0.29, 0.717) is 43.0 Å². The number of anilines is 1. The van der Waals surface area contributed by atoms with Crippen LogP contribution in [-0.4, -0.2) is 54.7 Å². The molecule has 1 atom stereocenters. The van der Waals surface area contributed by atoms with Gasteiger partial charge in [0.05, 0.1) is 4.88 Å². The summed E-state index contributed by atoms with van der Waals surface area (Å²) in [6, 6.07) is 20.3. The summed E-state index contributed by atoms with van der Waals surface area (Å²) in [4.78, 5) is 42.3. The molecule has 2 amide bonds. The Labute approximate surface area is 197 Å². The number of nitrogens with zero attached hydrogens (tertiary/aromatic N) is 2. The van der Waals surface area contributed by atoms with E-state index in [9.17, 15) is 14.4 Å². The van der Waals surface area contributed by atoms with Gasteiger partial charge in [-0.1, -0.05) is 36.4 Å². The molecule has 0 bridgehead atoms. The van der Waals surface area contributed by atoms with Gasteiger partial charge < -0.3 is 15.1 Å².